The van der Waals surface area contributed by atoms with Crippen LogP contribution in [0, 0.1) is 0 Å². The van der Waals surface area contributed by atoms with E-state index in [1.54, 1.807) is 0 Å². The summed E-state index contributed by atoms with van der Waals surface area (Å²) in [5.74, 6) is 0. The van der Waals surface area contributed by atoms with Gasteiger partial charge in [-0.3, -0.25) is 0 Å². The van der Waals surface area contributed by atoms with Crippen molar-refractivity contribution < 1.29 is 0 Å². The molecule has 0 bridgehead atoms. The molecule has 0 nitrogen and oxygen atoms in total. The van der Waals surface area contributed by atoms with Gasteiger partial charge in [0.15, 0.2) is 0 Å². The number of rotatable bonds is 3. The first kappa shape index (κ1) is 11.9. The zero-order chi connectivity index (χ0) is 5.70. The molecule has 0 amide bonds. The Kier molecular flexibility index (Phi) is 12.1. The molecule has 0 heterocycles. The van der Waals surface area contributed by atoms with Gasteiger partial charge >= 0.3 is 0 Å². The molecule has 0 aromatic heterocycles. The van der Waals surface area contributed by atoms with Gasteiger partial charge in [-0.1, -0.05) is 36.6 Å². The van der Waals surface area contributed by atoms with Gasteiger partial charge in [0, 0.05) is 18.9 Å². The van der Waals surface area contributed by atoms with Crippen molar-refractivity contribution in [2.75, 3.05) is 0 Å². The van der Waals surface area contributed by atoms with Gasteiger partial charge in [0.2, 0.25) is 0 Å². The molecule has 0 N–H and O–H groups in total. The maximum Gasteiger partial charge on any atom is 0.261 e. The van der Waals surface area contributed by atoms with Crippen molar-refractivity contribution in [1.82, 2.24) is 0 Å². The third-order valence-electron chi connectivity index (χ3n) is 1.73. The van der Waals surface area contributed by atoms with Crippen LogP contribution in [0.25, 0.3) is 0 Å². The predicted molar refractivity (Wildman–Crippen MR) is 43.0 cm³/mol. The quantitative estimate of drug-likeness (QED) is 0.502. The molecule has 0 aliphatic heterocycles. The minimum absolute atomic E-state index is 0. The number of hydrogen-bond donors (Lipinski definition) is 0. The molecule has 0 unspecified atom stereocenters. The molecule has 0 spiro atoms. The van der Waals surface area contributed by atoms with Crippen LogP contribution in [-0.2, 0) is 0 Å². The second kappa shape index (κ2) is 8.13. The summed E-state index contributed by atoms with van der Waals surface area (Å²) >= 11 is -0.171. The fourth-order valence-corrected chi connectivity index (χ4v) is 2.60. The molecule has 0 aliphatic carbocycles. The van der Waals surface area contributed by atoms with Crippen LogP contribution in [0.5, 0.6) is 0 Å². The second-order valence-corrected chi connectivity index (χ2v) is 6.27. The van der Waals surface area contributed by atoms with Gasteiger partial charge in [-0.05, 0) is 0 Å². The Morgan fingerprint density at radius 1 is 0.875 bits per heavy atom. The zero-order valence-electron chi connectivity index (χ0n) is 6.70. The molecule has 2 heteroatoms. The SMILES string of the molecule is C[CH2][Al]([CH2]C)[CH2]C.[Li]. The van der Waals surface area contributed by atoms with E-state index >= 15 is 0 Å². The van der Waals surface area contributed by atoms with Gasteiger partial charge in [0.05, 0.1) is 0 Å². The molecule has 43 valence electrons. The summed E-state index contributed by atoms with van der Waals surface area (Å²) in [5.41, 5.74) is 0. The Morgan fingerprint density at radius 2 is 1.12 bits per heavy atom. The van der Waals surface area contributed by atoms with E-state index < -0.39 is 0 Å². The summed E-state index contributed by atoms with van der Waals surface area (Å²) in [5, 5.41) is 4.48. The van der Waals surface area contributed by atoms with Crippen molar-refractivity contribution in [3.63, 3.8) is 0 Å². The summed E-state index contributed by atoms with van der Waals surface area (Å²) in [4.78, 5) is 0. The molecule has 1 radical (unpaired) electrons. The molecule has 0 aromatic carbocycles. The maximum atomic E-state index is 2.32. The van der Waals surface area contributed by atoms with Crippen LogP contribution in [0.1, 0.15) is 20.8 Å². The molecule has 0 fully saturated rings. The van der Waals surface area contributed by atoms with Gasteiger partial charge < -0.3 is 0 Å². The Bertz CT molecular complexity index is 30.0. The van der Waals surface area contributed by atoms with Gasteiger partial charge in [-0.15, -0.1) is 0 Å². The monoisotopic (exact) mass is 121 g/mol. The average Bonchev–Trinajstić information content (AvgIpc) is 1.72. The topological polar surface area (TPSA) is 0 Å². The Hall–Kier alpha value is 1.13. The van der Waals surface area contributed by atoms with E-state index in [2.05, 4.69) is 20.8 Å². The van der Waals surface area contributed by atoms with Gasteiger partial charge in [0.25, 0.3) is 14.1 Å². The molecule has 0 atom stereocenters. The minimum atomic E-state index is -0.171. The van der Waals surface area contributed by atoms with E-state index in [4.69, 9.17) is 0 Å². The van der Waals surface area contributed by atoms with Crippen LogP contribution in [0.4, 0.5) is 0 Å². The third kappa shape index (κ3) is 5.27. The van der Waals surface area contributed by atoms with Crippen LogP contribution < -0.4 is 0 Å². The summed E-state index contributed by atoms with van der Waals surface area (Å²) in [7, 11) is 0. The zero-order valence-corrected chi connectivity index (χ0v) is 7.85. The maximum absolute atomic E-state index is 2.32. The first-order chi connectivity index (χ1) is 3.35. The Morgan fingerprint density at radius 3 is 1.12 bits per heavy atom. The Balaban J connectivity index is 0. The summed E-state index contributed by atoms with van der Waals surface area (Å²) < 4.78 is 0. The van der Waals surface area contributed by atoms with Gasteiger partial charge in [0.1, 0.15) is 0 Å². The van der Waals surface area contributed by atoms with E-state index in [1.165, 1.54) is 15.8 Å². The van der Waals surface area contributed by atoms with E-state index in [-0.39, 0.29) is 33.0 Å². The first-order valence-corrected chi connectivity index (χ1v) is 5.80. The molecule has 0 aromatic rings. The van der Waals surface area contributed by atoms with Crippen molar-refractivity contribution in [2.24, 2.45) is 0 Å². The van der Waals surface area contributed by atoms with E-state index in [0.29, 0.717) is 0 Å². The fourth-order valence-electron chi connectivity index (χ4n) is 0.866. The molecular weight excluding hydrogens is 106 g/mol. The third-order valence-corrected chi connectivity index (χ3v) is 5.20. The van der Waals surface area contributed by atoms with Crippen molar-refractivity contribution in [1.29, 1.82) is 0 Å². The normalized spacial score (nSPS) is 7.88. The van der Waals surface area contributed by atoms with Crippen molar-refractivity contribution in [3.8, 4) is 0 Å². The Labute approximate surface area is 69.6 Å². The minimum Gasteiger partial charge on any atom is -0.0967 e. The van der Waals surface area contributed by atoms with Crippen molar-refractivity contribution in [3.05, 3.63) is 0 Å². The van der Waals surface area contributed by atoms with Gasteiger partial charge in [-0.25, -0.2) is 0 Å². The van der Waals surface area contributed by atoms with E-state index in [0.717, 1.165) is 0 Å². The van der Waals surface area contributed by atoms with Crippen LogP contribution >= 0.6 is 0 Å². The first-order valence-electron chi connectivity index (χ1n) is 3.35. The average molecular weight is 121 g/mol. The van der Waals surface area contributed by atoms with Crippen LogP contribution in [0.2, 0.25) is 15.8 Å². The molecule has 0 aliphatic rings. The van der Waals surface area contributed by atoms with Crippen LogP contribution in [0.15, 0.2) is 0 Å². The van der Waals surface area contributed by atoms with Crippen molar-refractivity contribution in [2.45, 2.75) is 36.6 Å². The molecule has 0 saturated carbocycles. The largest absolute Gasteiger partial charge is 0.261 e. The summed E-state index contributed by atoms with van der Waals surface area (Å²) in [6.45, 7) is 6.97. The summed E-state index contributed by atoms with van der Waals surface area (Å²) in [6, 6.07) is 0. The fraction of sp³-hybridized carbons (Fsp3) is 1.00. The number of hydrogen-bond acceptors (Lipinski definition) is 0. The second-order valence-electron chi connectivity index (χ2n) is 2.09. The van der Waals surface area contributed by atoms with E-state index in [9.17, 15) is 0 Å². The van der Waals surface area contributed by atoms with E-state index in [1.807, 2.05) is 0 Å². The van der Waals surface area contributed by atoms with Crippen molar-refractivity contribution >= 4 is 33.0 Å². The summed E-state index contributed by atoms with van der Waals surface area (Å²) in [6.07, 6.45) is 0. The molecular formula is C6H15AlLi. The predicted octanol–water partition coefficient (Wildman–Crippen LogP) is 2.16. The molecule has 0 rings (SSSR count). The van der Waals surface area contributed by atoms with Crippen LogP contribution in [-0.4, -0.2) is 33.0 Å². The molecule has 8 heavy (non-hydrogen) atoms. The van der Waals surface area contributed by atoms with Crippen LogP contribution in [0.3, 0.4) is 0 Å². The van der Waals surface area contributed by atoms with Gasteiger partial charge in [-0.2, -0.15) is 0 Å². The molecule has 0 saturated heterocycles. The standard InChI is InChI=1S/3C2H5.Al.Li/c3*1-2;;/h3*1H2,2H3;;. The smallest absolute Gasteiger partial charge is 0.0967 e.